The molecule has 0 radical (unpaired) electrons. The Bertz CT molecular complexity index is 452. The number of hydrogen-bond acceptors (Lipinski definition) is 1. The molecule has 1 atom stereocenters. The van der Waals surface area contributed by atoms with E-state index in [1.165, 1.54) is 30.9 Å². The fourth-order valence-corrected chi connectivity index (χ4v) is 2.82. The Kier molecular flexibility index (Phi) is 5.37. The minimum Gasteiger partial charge on any atom is -0.324 e. The standard InChI is InChI=1S/C15H25O3P/c1-12-8-7-11-15(3,4)14(12)10-6-5-9-13(2)19(16,17)18/h5-6,9-10,13H,7-8,11H2,1-4H3,(H2,16,17,18). The maximum absolute atomic E-state index is 11.0. The van der Waals surface area contributed by atoms with Gasteiger partial charge in [0, 0.05) is 0 Å². The summed E-state index contributed by atoms with van der Waals surface area (Å²) in [6, 6.07) is 0. The van der Waals surface area contributed by atoms with Gasteiger partial charge in [-0.2, -0.15) is 0 Å². The molecule has 0 fully saturated rings. The molecule has 1 aliphatic rings. The van der Waals surface area contributed by atoms with Gasteiger partial charge in [0.2, 0.25) is 0 Å². The van der Waals surface area contributed by atoms with Crippen LogP contribution in [0.4, 0.5) is 0 Å². The molecule has 0 saturated carbocycles. The van der Waals surface area contributed by atoms with Gasteiger partial charge in [-0.3, -0.25) is 4.57 Å². The van der Waals surface area contributed by atoms with Crippen molar-refractivity contribution in [1.29, 1.82) is 0 Å². The Labute approximate surface area is 116 Å². The summed E-state index contributed by atoms with van der Waals surface area (Å²) in [4.78, 5) is 18.0. The van der Waals surface area contributed by atoms with E-state index >= 15 is 0 Å². The Morgan fingerprint density at radius 3 is 2.47 bits per heavy atom. The maximum Gasteiger partial charge on any atom is 0.332 e. The van der Waals surface area contributed by atoms with E-state index in [9.17, 15) is 4.57 Å². The summed E-state index contributed by atoms with van der Waals surface area (Å²) in [5.41, 5.74) is 2.24. The second-order valence-corrected chi connectivity index (χ2v) is 8.00. The number of allylic oxidation sites excluding steroid dienone is 6. The molecule has 19 heavy (non-hydrogen) atoms. The minimum absolute atomic E-state index is 0.196. The van der Waals surface area contributed by atoms with Crippen LogP contribution >= 0.6 is 7.60 Å². The first-order chi connectivity index (χ1) is 8.64. The smallest absolute Gasteiger partial charge is 0.324 e. The number of rotatable bonds is 4. The van der Waals surface area contributed by atoms with Crippen LogP contribution in [0.25, 0.3) is 0 Å². The SMILES string of the molecule is CC1=C(C=CC=CC(C)P(=O)(O)O)C(C)(C)CCC1. The quantitative estimate of drug-likeness (QED) is 0.601. The van der Waals surface area contributed by atoms with Crippen LogP contribution in [0.5, 0.6) is 0 Å². The predicted octanol–water partition coefficient (Wildman–Crippen LogP) is 4.19. The van der Waals surface area contributed by atoms with Crippen LogP contribution in [0.3, 0.4) is 0 Å². The summed E-state index contributed by atoms with van der Waals surface area (Å²) in [5, 5.41) is 0. The molecule has 3 nitrogen and oxygen atoms in total. The van der Waals surface area contributed by atoms with Crippen molar-refractivity contribution in [3.05, 3.63) is 35.5 Å². The van der Waals surface area contributed by atoms with Gasteiger partial charge in [0.05, 0.1) is 5.66 Å². The molecule has 0 aliphatic heterocycles. The van der Waals surface area contributed by atoms with Crippen molar-refractivity contribution in [3.63, 3.8) is 0 Å². The summed E-state index contributed by atoms with van der Waals surface area (Å²) in [7, 11) is -4.00. The first-order valence-electron chi connectivity index (χ1n) is 6.75. The van der Waals surface area contributed by atoms with E-state index in [-0.39, 0.29) is 5.41 Å². The second kappa shape index (κ2) is 6.21. The first-order valence-corrected chi connectivity index (χ1v) is 8.43. The van der Waals surface area contributed by atoms with Crippen LogP contribution in [0.1, 0.15) is 47.0 Å². The largest absolute Gasteiger partial charge is 0.332 e. The molecule has 1 unspecified atom stereocenters. The van der Waals surface area contributed by atoms with Crippen LogP contribution in [-0.2, 0) is 4.57 Å². The third-order valence-corrected chi connectivity index (χ3v) is 5.07. The summed E-state index contributed by atoms with van der Waals surface area (Å²) in [5.74, 6) is 0. The van der Waals surface area contributed by atoms with Crippen molar-refractivity contribution in [2.45, 2.75) is 52.6 Å². The summed E-state index contributed by atoms with van der Waals surface area (Å²) in [6.07, 6.45) is 10.8. The Balaban J connectivity index is 2.77. The van der Waals surface area contributed by atoms with Gasteiger partial charge in [-0.1, -0.05) is 43.7 Å². The van der Waals surface area contributed by atoms with E-state index in [4.69, 9.17) is 9.79 Å². The maximum atomic E-state index is 11.0. The van der Waals surface area contributed by atoms with Crippen molar-refractivity contribution in [2.75, 3.05) is 0 Å². The van der Waals surface area contributed by atoms with Gasteiger partial charge < -0.3 is 9.79 Å². The molecule has 0 heterocycles. The molecule has 0 spiro atoms. The Morgan fingerprint density at radius 1 is 1.32 bits per heavy atom. The Hall–Kier alpha value is -0.630. The highest BCUT2D eigenvalue weighted by molar-refractivity contribution is 7.52. The topological polar surface area (TPSA) is 57.5 Å². The van der Waals surface area contributed by atoms with Gasteiger partial charge >= 0.3 is 7.60 Å². The lowest BCUT2D eigenvalue weighted by molar-refractivity contribution is 0.367. The van der Waals surface area contributed by atoms with E-state index in [1.54, 1.807) is 12.2 Å². The lowest BCUT2D eigenvalue weighted by atomic mass is 9.73. The molecular weight excluding hydrogens is 259 g/mol. The normalized spacial score (nSPS) is 22.4. The van der Waals surface area contributed by atoms with E-state index in [1.807, 2.05) is 6.08 Å². The molecule has 0 amide bonds. The molecule has 108 valence electrons. The van der Waals surface area contributed by atoms with E-state index in [2.05, 4.69) is 26.8 Å². The summed E-state index contributed by atoms with van der Waals surface area (Å²) < 4.78 is 11.0. The van der Waals surface area contributed by atoms with Gasteiger partial charge in [-0.05, 0) is 44.1 Å². The highest BCUT2D eigenvalue weighted by Gasteiger charge is 2.26. The van der Waals surface area contributed by atoms with Gasteiger partial charge in [-0.25, -0.2) is 0 Å². The van der Waals surface area contributed by atoms with Gasteiger partial charge in [0.25, 0.3) is 0 Å². The predicted molar refractivity (Wildman–Crippen MR) is 80.1 cm³/mol. The molecule has 0 saturated heterocycles. The average Bonchev–Trinajstić information content (AvgIpc) is 2.25. The monoisotopic (exact) mass is 284 g/mol. The van der Waals surface area contributed by atoms with Crippen LogP contribution in [0.2, 0.25) is 0 Å². The van der Waals surface area contributed by atoms with Gasteiger partial charge in [0.15, 0.2) is 0 Å². The first kappa shape index (κ1) is 16.4. The number of hydrogen-bond donors (Lipinski definition) is 2. The van der Waals surface area contributed by atoms with Crippen LogP contribution < -0.4 is 0 Å². The molecule has 0 aromatic carbocycles. The van der Waals surface area contributed by atoms with Crippen molar-refractivity contribution < 1.29 is 14.4 Å². The molecule has 0 aromatic rings. The average molecular weight is 284 g/mol. The highest BCUT2D eigenvalue weighted by Crippen LogP contribution is 2.42. The van der Waals surface area contributed by atoms with Crippen LogP contribution in [0, 0.1) is 5.41 Å². The van der Waals surface area contributed by atoms with Crippen molar-refractivity contribution >= 4 is 7.60 Å². The van der Waals surface area contributed by atoms with Crippen molar-refractivity contribution in [1.82, 2.24) is 0 Å². The zero-order chi connectivity index (χ0) is 14.7. The lowest BCUT2D eigenvalue weighted by Crippen LogP contribution is -2.18. The third kappa shape index (κ3) is 4.76. The van der Waals surface area contributed by atoms with Crippen molar-refractivity contribution in [3.8, 4) is 0 Å². The molecule has 4 heteroatoms. The Morgan fingerprint density at radius 2 is 1.95 bits per heavy atom. The van der Waals surface area contributed by atoms with E-state index in [0.29, 0.717) is 0 Å². The molecule has 0 bridgehead atoms. The van der Waals surface area contributed by atoms with Gasteiger partial charge in [0.1, 0.15) is 0 Å². The van der Waals surface area contributed by atoms with E-state index < -0.39 is 13.3 Å². The summed E-state index contributed by atoms with van der Waals surface area (Å²) >= 11 is 0. The molecule has 2 N–H and O–H groups in total. The minimum atomic E-state index is -4.00. The second-order valence-electron chi connectivity index (χ2n) is 6.01. The van der Waals surface area contributed by atoms with Crippen LogP contribution in [-0.4, -0.2) is 15.4 Å². The molecular formula is C15H25O3P. The summed E-state index contributed by atoms with van der Waals surface area (Å²) in [6.45, 7) is 8.19. The van der Waals surface area contributed by atoms with Crippen molar-refractivity contribution in [2.24, 2.45) is 5.41 Å². The molecule has 0 aromatic heterocycles. The fraction of sp³-hybridized carbons (Fsp3) is 0.600. The third-order valence-electron chi connectivity index (χ3n) is 3.84. The zero-order valence-corrected chi connectivity index (χ0v) is 13.2. The van der Waals surface area contributed by atoms with Crippen LogP contribution in [0.15, 0.2) is 35.5 Å². The van der Waals surface area contributed by atoms with Gasteiger partial charge in [-0.15, -0.1) is 0 Å². The zero-order valence-electron chi connectivity index (χ0n) is 12.3. The van der Waals surface area contributed by atoms with E-state index in [0.717, 1.165) is 6.42 Å². The fourth-order valence-electron chi connectivity index (χ4n) is 2.50. The highest BCUT2D eigenvalue weighted by atomic mass is 31.2. The molecule has 1 rings (SSSR count). The lowest BCUT2D eigenvalue weighted by Gasteiger charge is -2.32. The molecule has 1 aliphatic carbocycles.